The van der Waals surface area contributed by atoms with Gasteiger partial charge in [-0.3, -0.25) is 0 Å². The first kappa shape index (κ1) is 18.6. The molecular formula is C16H28O7. The number of aliphatic hydroxyl groups is 1. The Morgan fingerprint density at radius 2 is 1.91 bits per heavy atom. The first-order valence-corrected chi connectivity index (χ1v) is 7.97. The Hall–Kier alpha value is -0.730. The minimum atomic E-state index is -1.50. The first-order valence-electron chi connectivity index (χ1n) is 7.97. The van der Waals surface area contributed by atoms with E-state index in [1.807, 2.05) is 13.8 Å². The molecule has 2 heterocycles. The van der Waals surface area contributed by atoms with Crippen molar-refractivity contribution in [2.45, 2.75) is 64.0 Å². The molecule has 23 heavy (non-hydrogen) atoms. The van der Waals surface area contributed by atoms with Gasteiger partial charge < -0.3 is 28.8 Å². The molecule has 0 radical (unpaired) electrons. The Morgan fingerprint density at radius 1 is 1.26 bits per heavy atom. The monoisotopic (exact) mass is 332 g/mol. The third kappa shape index (κ3) is 3.53. The summed E-state index contributed by atoms with van der Waals surface area (Å²) in [6.07, 6.45) is -1.71. The number of rotatable bonds is 4. The molecule has 2 rings (SSSR count). The summed E-state index contributed by atoms with van der Waals surface area (Å²) in [6.45, 7) is 7.84. The van der Waals surface area contributed by atoms with Crippen molar-refractivity contribution in [3.05, 3.63) is 0 Å². The molecule has 134 valence electrons. The van der Waals surface area contributed by atoms with Crippen LogP contribution in [-0.4, -0.2) is 61.8 Å². The molecule has 2 aliphatic rings. The number of hydrogen-bond donors (Lipinski definition) is 1. The molecule has 2 fully saturated rings. The first-order chi connectivity index (χ1) is 10.7. The molecule has 1 N–H and O–H groups in total. The lowest BCUT2D eigenvalue weighted by Crippen LogP contribution is -2.59. The maximum Gasteiger partial charge on any atom is 0.366 e. The molecule has 7 nitrogen and oxygen atoms in total. The van der Waals surface area contributed by atoms with Gasteiger partial charge in [0.25, 0.3) is 5.79 Å². The zero-order valence-corrected chi connectivity index (χ0v) is 14.7. The van der Waals surface area contributed by atoms with Crippen LogP contribution >= 0.6 is 0 Å². The standard InChI is InChI=1S/C16H28O7/c1-9-7-16(20-6,14(18)19-5)23-13(10(9)2)12(17)11-8-21-15(3,4)22-11/h9-13,17H,7-8H2,1-6H3/t9-,10-,11-,12-,13?,16+/m1/s1. The third-order valence-electron chi connectivity index (χ3n) is 4.91. The zero-order valence-electron chi connectivity index (χ0n) is 14.7. The highest BCUT2D eigenvalue weighted by molar-refractivity contribution is 5.78. The third-order valence-corrected chi connectivity index (χ3v) is 4.91. The van der Waals surface area contributed by atoms with E-state index in [1.165, 1.54) is 14.2 Å². The molecule has 0 aromatic rings. The summed E-state index contributed by atoms with van der Waals surface area (Å²) in [6, 6.07) is 0. The Bertz CT molecular complexity index is 438. The fourth-order valence-electron chi connectivity index (χ4n) is 3.29. The van der Waals surface area contributed by atoms with E-state index in [1.54, 1.807) is 13.8 Å². The van der Waals surface area contributed by atoms with Crippen molar-refractivity contribution in [1.29, 1.82) is 0 Å². The fraction of sp³-hybridized carbons (Fsp3) is 0.938. The van der Waals surface area contributed by atoms with Crippen molar-refractivity contribution >= 4 is 5.97 Å². The fourth-order valence-corrected chi connectivity index (χ4v) is 3.29. The Balaban J connectivity index is 2.20. The maximum atomic E-state index is 12.2. The van der Waals surface area contributed by atoms with Crippen LogP contribution in [0.4, 0.5) is 0 Å². The minimum Gasteiger partial charge on any atom is -0.465 e. The molecule has 6 atom stereocenters. The van der Waals surface area contributed by atoms with Gasteiger partial charge in [0.05, 0.1) is 19.8 Å². The van der Waals surface area contributed by atoms with E-state index in [4.69, 9.17) is 23.7 Å². The van der Waals surface area contributed by atoms with E-state index in [0.29, 0.717) is 6.42 Å². The van der Waals surface area contributed by atoms with Crippen LogP contribution in [-0.2, 0) is 28.5 Å². The van der Waals surface area contributed by atoms with Gasteiger partial charge in [0, 0.05) is 13.5 Å². The largest absolute Gasteiger partial charge is 0.465 e. The number of ether oxygens (including phenoxy) is 5. The Labute approximate surface area is 137 Å². The summed E-state index contributed by atoms with van der Waals surface area (Å²) < 4.78 is 27.3. The van der Waals surface area contributed by atoms with Crippen LogP contribution in [0.5, 0.6) is 0 Å². The van der Waals surface area contributed by atoms with Crippen LogP contribution in [0, 0.1) is 11.8 Å². The summed E-state index contributed by atoms with van der Waals surface area (Å²) in [5, 5.41) is 10.7. The van der Waals surface area contributed by atoms with Crippen LogP contribution < -0.4 is 0 Å². The van der Waals surface area contributed by atoms with E-state index in [-0.39, 0.29) is 18.4 Å². The summed E-state index contributed by atoms with van der Waals surface area (Å²) in [7, 11) is 2.69. The smallest absolute Gasteiger partial charge is 0.366 e. The molecule has 1 unspecified atom stereocenters. The predicted octanol–water partition coefficient (Wildman–Crippen LogP) is 1.08. The molecule has 0 aromatic carbocycles. The number of carbonyl (C=O) groups excluding carboxylic acids is 1. The van der Waals surface area contributed by atoms with Crippen molar-refractivity contribution < 1.29 is 33.6 Å². The van der Waals surface area contributed by atoms with Crippen LogP contribution in [0.3, 0.4) is 0 Å². The van der Waals surface area contributed by atoms with E-state index in [2.05, 4.69) is 0 Å². The van der Waals surface area contributed by atoms with Crippen molar-refractivity contribution in [1.82, 2.24) is 0 Å². The van der Waals surface area contributed by atoms with Gasteiger partial charge in [0.15, 0.2) is 5.79 Å². The second kappa shape index (κ2) is 6.64. The lowest BCUT2D eigenvalue weighted by Gasteiger charge is -2.46. The van der Waals surface area contributed by atoms with Gasteiger partial charge in [-0.25, -0.2) is 4.79 Å². The molecule has 0 saturated carbocycles. The lowest BCUT2D eigenvalue weighted by atomic mass is 9.79. The highest BCUT2D eigenvalue weighted by Gasteiger charge is 2.54. The van der Waals surface area contributed by atoms with Crippen molar-refractivity contribution in [2.24, 2.45) is 11.8 Å². The summed E-state index contributed by atoms with van der Waals surface area (Å²) >= 11 is 0. The SMILES string of the molecule is COC(=O)[C@]1(OC)C[C@@H](C)[C@@H](C)C([C@H](O)[C@H]2COC(C)(C)O2)O1. The summed E-state index contributed by atoms with van der Waals surface area (Å²) in [5.74, 6) is -2.72. The highest BCUT2D eigenvalue weighted by Crippen LogP contribution is 2.41. The predicted molar refractivity (Wildman–Crippen MR) is 80.5 cm³/mol. The molecule has 0 bridgehead atoms. The normalized spacial score (nSPS) is 41.5. The minimum absolute atomic E-state index is 0.0187. The summed E-state index contributed by atoms with van der Waals surface area (Å²) in [5.41, 5.74) is 0. The second-order valence-electron chi connectivity index (χ2n) is 6.93. The van der Waals surface area contributed by atoms with Gasteiger partial charge in [-0.05, 0) is 25.7 Å². The number of carbonyl (C=O) groups is 1. The Kier molecular flexibility index (Phi) is 5.37. The summed E-state index contributed by atoms with van der Waals surface area (Å²) in [4.78, 5) is 12.2. The number of hydrogen-bond acceptors (Lipinski definition) is 7. The van der Waals surface area contributed by atoms with Gasteiger partial charge in [0.2, 0.25) is 0 Å². The van der Waals surface area contributed by atoms with Gasteiger partial charge >= 0.3 is 5.97 Å². The molecule has 7 heteroatoms. The van der Waals surface area contributed by atoms with Gasteiger partial charge in [0.1, 0.15) is 12.2 Å². The van der Waals surface area contributed by atoms with Gasteiger partial charge in [-0.15, -0.1) is 0 Å². The molecular weight excluding hydrogens is 304 g/mol. The van der Waals surface area contributed by atoms with Crippen LogP contribution in [0.2, 0.25) is 0 Å². The van der Waals surface area contributed by atoms with Gasteiger partial charge in [-0.1, -0.05) is 13.8 Å². The molecule has 0 spiro atoms. The number of methoxy groups -OCH3 is 2. The van der Waals surface area contributed by atoms with Crippen LogP contribution in [0.15, 0.2) is 0 Å². The molecule has 2 saturated heterocycles. The van der Waals surface area contributed by atoms with E-state index in [0.717, 1.165) is 0 Å². The molecule has 0 aliphatic carbocycles. The lowest BCUT2D eigenvalue weighted by molar-refractivity contribution is -0.305. The van der Waals surface area contributed by atoms with Crippen LogP contribution in [0.1, 0.15) is 34.1 Å². The van der Waals surface area contributed by atoms with Crippen molar-refractivity contribution in [3.8, 4) is 0 Å². The second-order valence-corrected chi connectivity index (χ2v) is 6.93. The van der Waals surface area contributed by atoms with Crippen molar-refractivity contribution in [3.63, 3.8) is 0 Å². The topological polar surface area (TPSA) is 83.5 Å². The van der Waals surface area contributed by atoms with Gasteiger partial charge in [-0.2, -0.15) is 0 Å². The zero-order chi connectivity index (χ0) is 17.4. The van der Waals surface area contributed by atoms with Crippen LogP contribution in [0.25, 0.3) is 0 Å². The van der Waals surface area contributed by atoms with Crippen molar-refractivity contribution in [2.75, 3.05) is 20.8 Å². The average Bonchev–Trinajstić information content (AvgIpc) is 2.88. The molecule has 0 aromatic heterocycles. The van der Waals surface area contributed by atoms with E-state index < -0.39 is 35.9 Å². The number of aliphatic hydroxyl groups excluding tert-OH is 1. The average molecular weight is 332 g/mol. The quantitative estimate of drug-likeness (QED) is 0.771. The molecule has 2 aliphatic heterocycles. The van der Waals surface area contributed by atoms with E-state index in [9.17, 15) is 9.90 Å². The van der Waals surface area contributed by atoms with E-state index >= 15 is 0 Å². The number of esters is 1. The molecule has 0 amide bonds. The highest BCUT2D eigenvalue weighted by atomic mass is 16.8. The Morgan fingerprint density at radius 3 is 2.39 bits per heavy atom. The maximum absolute atomic E-state index is 12.2.